The first-order valence-electron chi connectivity index (χ1n) is 19.9. The van der Waals surface area contributed by atoms with Crippen LogP contribution in [0.1, 0.15) is 63.3 Å². The quantitative estimate of drug-likeness (QED) is 0.158. The average Bonchev–Trinajstić information content (AvgIpc) is 4.08. The maximum atomic E-state index is 14.1. The number of aromatic amines is 2. The van der Waals surface area contributed by atoms with E-state index < -0.39 is 0 Å². The number of rotatable bonds is 7. The fourth-order valence-corrected chi connectivity index (χ4v) is 9.30. The molecule has 2 N–H and O–H groups in total. The molecule has 0 aliphatic carbocycles. The molecule has 0 fully saturated rings. The predicted molar refractivity (Wildman–Crippen MR) is 220 cm³/mol. The second kappa shape index (κ2) is 13.9. The van der Waals surface area contributed by atoms with Crippen LogP contribution < -0.4 is 18.9 Å². The maximum Gasteiger partial charge on any atom is 0.247 e. The van der Waals surface area contributed by atoms with Crippen LogP contribution in [0.5, 0.6) is 23.0 Å². The molecule has 0 saturated carbocycles. The minimum absolute atomic E-state index is 0.0710. The lowest BCUT2D eigenvalue weighted by Gasteiger charge is -2.36. The highest BCUT2D eigenvalue weighted by Crippen LogP contribution is 2.44. The number of carbonyl (C=O) groups excluding carboxylic acids is 2. The number of hydrogen-bond acceptors (Lipinski definition) is 6. The Labute approximate surface area is 334 Å². The number of amides is 2. The van der Waals surface area contributed by atoms with Gasteiger partial charge >= 0.3 is 0 Å². The molecule has 288 valence electrons. The highest BCUT2D eigenvalue weighted by molar-refractivity contribution is 5.94. The van der Waals surface area contributed by atoms with Crippen LogP contribution in [0.2, 0.25) is 0 Å². The molecule has 2 atom stereocenters. The molecule has 6 heterocycles. The summed E-state index contributed by atoms with van der Waals surface area (Å²) < 4.78 is 22.6. The van der Waals surface area contributed by atoms with Gasteiger partial charge in [-0.15, -0.1) is 0 Å². The van der Waals surface area contributed by atoms with E-state index in [1.807, 2.05) is 88.7 Å². The molecule has 0 bridgehead atoms. The van der Waals surface area contributed by atoms with Crippen molar-refractivity contribution in [3.8, 4) is 23.0 Å². The van der Waals surface area contributed by atoms with Crippen LogP contribution in [0.3, 0.4) is 0 Å². The monoisotopic (exact) mass is 768 g/mol. The van der Waals surface area contributed by atoms with Crippen LogP contribution >= 0.6 is 0 Å². The Morgan fingerprint density at radius 1 is 0.621 bits per heavy atom. The van der Waals surface area contributed by atoms with Crippen LogP contribution in [0, 0.1) is 0 Å². The lowest BCUT2D eigenvalue weighted by Crippen LogP contribution is -2.40. The number of ether oxygens (including phenoxy) is 4. The summed E-state index contributed by atoms with van der Waals surface area (Å²) in [5.41, 5.74) is 10.7. The van der Waals surface area contributed by atoms with Gasteiger partial charge in [-0.25, -0.2) is 0 Å². The molecule has 58 heavy (non-hydrogen) atoms. The molecule has 7 aromatic rings. The van der Waals surface area contributed by atoms with Crippen molar-refractivity contribution in [3.63, 3.8) is 0 Å². The number of H-pyrrole nitrogens is 2. The zero-order valence-corrected chi connectivity index (χ0v) is 31.7. The fraction of sp³-hybridized carbons (Fsp3) is 0.208. The molecule has 2 aromatic heterocycles. The fourth-order valence-electron chi connectivity index (χ4n) is 9.30. The van der Waals surface area contributed by atoms with Crippen molar-refractivity contribution in [2.45, 2.75) is 37.8 Å². The summed E-state index contributed by atoms with van der Waals surface area (Å²) >= 11 is 0. The summed E-state index contributed by atoms with van der Waals surface area (Å²) in [6.07, 6.45) is 6.04. The molecule has 4 aliphatic rings. The number of fused-ring (bicyclic) bond motifs is 8. The topological polar surface area (TPSA) is 109 Å². The van der Waals surface area contributed by atoms with Crippen LogP contribution in [0.25, 0.3) is 27.9 Å². The number of nitrogens with zero attached hydrogens (tertiary/aromatic N) is 2. The predicted octanol–water partition coefficient (Wildman–Crippen LogP) is 8.40. The molecule has 11 rings (SSSR count). The minimum atomic E-state index is -0.310. The normalized spacial score (nSPS) is 17.9. The van der Waals surface area contributed by atoms with Crippen molar-refractivity contribution >= 4 is 39.7 Å². The maximum absolute atomic E-state index is 14.1. The Morgan fingerprint density at radius 3 is 1.76 bits per heavy atom. The van der Waals surface area contributed by atoms with Crippen molar-refractivity contribution in [3.05, 3.63) is 160 Å². The molecule has 0 saturated heterocycles. The van der Waals surface area contributed by atoms with Crippen molar-refractivity contribution in [2.24, 2.45) is 0 Å². The standard InChI is InChI=1S/C48H40N4O6/c53-43(51-23-21-35-33-5-1-3-7-37(33)49-45(35)47(51)31-15-17-39-41(25-31)57-27-55-39)19-13-29-9-11-30(12-10-29)14-20-44(54)52-24-22-36-34-6-2-4-8-38(34)50-46(36)48(52)32-16-18-40-42(26-32)58-28-56-40/h1-13,15-19,25-26,47-50H,14,20-24,27-28H2. The summed E-state index contributed by atoms with van der Waals surface area (Å²) in [4.78, 5) is 39.4. The third-order valence-corrected chi connectivity index (χ3v) is 12.1. The van der Waals surface area contributed by atoms with Crippen molar-refractivity contribution in [2.75, 3.05) is 26.7 Å². The lowest BCUT2D eigenvalue weighted by molar-refractivity contribution is -0.133. The Morgan fingerprint density at radius 2 is 1.16 bits per heavy atom. The van der Waals surface area contributed by atoms with E-state index in [0.717, 1.165) is 63.3 Å². The Kier molecular flexibility index (Phi) is 8.23. The number of hydrogen-bond donors (Lipinski definition) is 2. The second-order valence-corrected chi connectivity index (χ2v) is 15.3. The minimum Gasteiger partial charge on any atom is -0.454 e. The first-order valence-corrected chi connectivity index (χ1v) is 19.9. The molecule has 0 radical (unpaired) electrons. The van der Waals surface area contributed by atoms with Crippen LogP contribution in [0.4, 0.5) is 0 Å². The van der Waals surface area contributed by atoms with E-state index in [-0.39, 0.29) is 37.5 Å². The van der Waals surface area contributed by atoms with Crippen LogP contribution in [-0.2, 0) is 28.9 Å². The number of aryl methyl sites for hydroxylation is 1. The molecule has 0 spiro atoms. The summed E-state index contributed by atoms with van der Waals surface area (Å²) in [5.74, 6) is 2.85. The van der Waals surface area contributed by atoms with Crippen molar-refractivity contribution in [1.82, 2.24) is 19.8 Å². The third kappa shape index (κ3) is 5.86. The molecular weight excluding hydrogens is 729 g/mol. The SMILES string of the molecule is O=C(C=Cc1ccc(CCC(=O)N2CCc3c([nH]c4ccccc34)C2c2ccc3c(c2)OCO3)cc1)N1CCc2c([nH]c3ccccc23)C1c1ccc2c(c1)OCO2. The van der Waals surface area contributed by atoms with Gasteiger partial charge in [0.25, 0.3) is 0 Å². The third-order valence-electron chi connectivity index (χ3n) is 12.1. The van der Waals surface area contributed by atoms with E-state index in [9.17, 15) is 9.59 Å². The van der Waals surface area contributed by atoms with E-state index in [2.05, 4.69) is 46.4 Å². The van der Waals surface area contributed by atoms with E-state index in [4.69, 9.17) is 18.9 Å². The average molecular weight is 769 g/mol. The second-order valence-electron chi connectivity index (χ2n) is 15.3. The molecule has 2 unspecified atom stereocenters. The van der Waals surface area contributed by atoms with Gasteiger partial charge in [0.15, 0.2) is 23.0 Å². The molecule has 5 aromatic carbocycles. The number of nitrogens with one attached hydrogen (secondary N) is 2. The smallest absolute Gasteiger partial charge is 0.247 e. The zero-order chi connectivity index (χ0) is 38.7. The van der Waals surface area contributed by atoms with Gasteiger partial charge in [0.05, 0.1) is 12.1 Å². The van der Waals surface area contributed by atoms with E-state index >= 15 is 0 Å². The van der Waals surface area contributed by atoms with Crippen molar-refractivity contribution < 1.29 is 28.5 Å². The summed E-state index contributed by atoms with van der Waals surface area (Å²) in [7, 11) is 0. The largest absolute Gasteiger partial charge is 0.454 e. The molecule has 10 heteroatoms. The first kappa shape index (κ1) is 34.3. The van der Waals surface area contributed by atoms with Gasteiger partial charge in [0, 0.05) is 58.8 Å². The van der Waals surface area contributed by atoms with Gasteiger partial charge in [0.1, 0.15) is 0 Å². The highest BCUT2D eigenvalue weighted by atomic mass is 16.7. The lowest BCUT2D eigenvalue weighted by atomic mass is 9.91. The highest BCUT2D eigenvalue weighted by Gasteiger charge is 2.36. The van der Waals surface area contributed by atoms with E-state index in [1.54, 1.807) is 6.08 Å². The number of benzene rings is 5. The van der Waals surface area contributed by atoms with Gasteiger partial charge in [-0.3, -0.25) is 9.59 Å². The summed E-state index contributed by atoms with van der Waals surface area (Å²) in [6, 6.07) is 36.1. The summed E-state index contributed by atoms with van der Waals surface area (Å²) in [5, 5.41) is 2.39. The van der Waals surface area contributed by atoms with Crippen molar-refractivity contribution in [1.29, 1.82) is 0 Å². The zero-order valence-electron chi connectivity index (χ0n) is 31.7. The number of aromatic nitrogens is 2. The Bertz CT molecular complexity index is 2780. The van der Waals surface area contributed by atoms with Crippen LogP contribution in [0.15, 0.2) is 115 Å². The van der Waals surface area contributed by atoms with Gasteiger partial charge in [0.2, 0.25) is 25.4 Å². The number of carbonyl (C=O) groups is 2. The van der Waals surface area contributed by atoms with E-state index in [1.165, 1.54) is 21.9 Å². The van der Waals surface area contributed by atoms with Gasteiger partial charge in [-0.05, 0) is 95.1 Å². The molecule has 2 amide bonds. The molecule has 10 nitrogen and oxygen atoms in total. The summed E-state index contributed by atoms with van der Waals surface area (Å²) in [6.45, 7) is 1.59. The number of para-hydroxylation sites is 2. The van der Waals surface area contributed by atoms with Gasteiger partial charge in [-0.2, -0.15) is 0 Å². The van der Waals surface area contributed by atoms with Crippen LogP contribution in [-0.4, -0.2) is 58.3 Å². The first-order chi connectivity index (χ1) is 28.6. The van der Waals surface area contributed by atoms with E-state index in [0.29, 0.717) is 43.2 Å². The molecular formula is C48H40N4O6. The Balaban J connectivity index is 0.803. The van der Waals surface area contributed by atoms with Gasteiger partial charge < -0.3 is 38.7 Å². The van der Waals surface area contributed by atoms with Gasteiger partial charge in [-0.1, -0.05) is 72.8 Å². The Hall–Kier alpha value is -6.94. The molecule has 4 aliphatic heterocycles.